The van der Waals surface area contributed by atoms with Crippen LogP contribution in [0.4, 0.5) is 4.79 Å². The Hall–Kier alpha value is -1.52. The summed E-state index contributed by atoms with van der Waals surface area (Å²) in [5.74, 6) is -0.379. The van der Waals surface area contributed by atoms with Gasteiger partial charge in [-0.25, -0.2) is 4.79 Å². The Bertz CT molecular complexity index is 255. The van der Waals surface area contributed by atoms with Crippen LogP contribution in [0.2, 0.25) is 0 Å². The van der Waals surface area contributed by atoms with Crippen molar-refractivity contribution >= 4 is 12.1 Å². The molecule has 1 amide bonds. The number of carbonyl (C=O) groups is 2. The topological polar surface area (TPSA) is 64.6 Å². The van der Waals surface area contributed by atoms with E-state index in [0.29, 0.717) is 0 Å². The van der Waals surface area contributed by atoms with Gasteiger partial charge in [0.15, 0.2) is 0 Å². The molecule has 0 aliphatic rings. The molecule has 0 spiro atoms. The SMILES string of the molecule is C=CCOC(=O)CCNC(=O)OC(C)(C)C. The Labute approximate surface area is 95.8 Å². The molecular formula is C11H19NO4. The van der Waals surface area contributed by atoms with Crippen LogP contribution in [0.25, 0.3) is 0 Å². The molecule has 16 heavy (non-hydrogen) atoms. The lowest BCUT2D eigenvalue weighted by atomic mass is 10.2. The van der Waals surface area contributed by atoms with Gasteiger partial charge in [0, 0.05) is 6.54 Å². The van der Waals surface area contributed by atoms with Crippen LogP contribution in [-0.4, -0.2) is 30.8 Å². The van der Waals surface area contributed by atoms with E-state index >= 15 is 0 Å². The van der Waals surface area contributed by atoms with Crippen LogP contribution in [0.15, 0.2) is 12.7 Å². The maximum absolute atomic E-state index is 11.2. The quantitative estimate of drug-likeness (QED) is 0.575. The second kappa shape index (κ2) is 6.87. The van der Waals surface area contributed by atoms with Crippen LogP contribution in [0.1, 0.15) is 27.2 Å². The molecule has 0 fully saturated rings. The van der Waals surface area contributed by atoms with Crippen molar-refractivity contribution in [2.24, 2.45) is 0 Å². The standard InChI is InChI=1S/C11H19NO4/c1-5-8-15-9(13)6-7-12-10(14)16-11(2,3)4/h5H,1,6-8H2,2-4H3,(H,12,14). The molecule has 0 aromatic rings. The molecule has 0 saturated heterocycles. The number of carbonyl (C=O) groups excluding carboxylic acids is 2. The number of alkyl carbamates (subject to hydrolysis) is 1. The fourth-order valence-corrected chi connectivity index (χ4v) is 0.805. The molecule has 0 heterocycles. The molecule has 0 aliphatic carbocycles. The number of amides is 1. The van der Waals surface area contributed by atoms with Gasteiger partial charge in [-0.15, -0.1) is 0 Å². The summed E-state index contributed by atoms with van der Waals surface area (Å²) >= 11 is 0. The Balaban J connectivity index is 3.62. The smallest absolute Gasteiger partial charge is 0.407 e. The third-order valence-electron chi connectivity index (χ3n) is 1.36. The first-order chi connectivity index (χ1) is 7.35. The lowest BCUT2D eigenvalue weighted by Crippen LogP contribution is -2.33. The second-order valence-corrected chi connectivity index (χ2v) is 4.15. The normalized spacial score (nSPS) is 10.4. The highest BCUT2D eigenvalue weighted by Crippen LogP contribution is 2.06. The first-order valence-electron chi connectivity index (χ1n) is 5.08. The average Bonchev–Trinajstić information content (AvgIpc) is 2.11. The first kappa shape index (κ1) is 14.5. The van der Waals surface area contributed by atoms with Crippen LogP contribution in [0, 0.1) is 0 Å². The minimum atomic E-state index is -0.538. The van der Waals surface area contributed by atoms with Gasteiger partial charge in [-0.2, -0.15) is 0 Å². The van der Waals surface area contributed by atoms with E-state index in [2.05, 4.69) is 11.9 Å². The fourth-order valence-electron chi connectivity index (χ4n) is 0.805. The van der Waals surface area contributed by atoms with Gasteiger partial charge in [-0.05, 0) is 20.8 Å². The van der Waals surface area contributed by atoms with E-state index in [1.807, 2.05) is 0 Å². The molecule has 0 aliphatic heterocycles. The molecule has 0 unspecified atom stereocenters. The van der Waals surface area contributed by atoms with Gasteiger partial charge in [0.2, 0.25) is 0 Å². The molecule has 0 bridgehead atoms. The lowest BCUT2D eigenvalue weighted by molar-refractivity contribution is -0.142. The third kappa shape index (κ3) is 9.05. The molecule has 0 aromatic heterocycles. The van der Waals surface area contributed by atoms with Gasteiger partial charge < -0.3 is 14.8 Å². The number of hydrogen-bond acceptors (Lipinski definition) is 4. The number of esters is 1. The van der Waals surface area contributed by atoms with Crippen molar-refractivity contribution < 1.29 is 19.1 Å². The minimum Gasteiger partial charge on any atom is -0.461 e. The summed E-state index contributed by atoms with van der Waals surface area (Å²) in [5, 5.41) is 2.46. The van der Waals surface area contributed by atoms with E-state index in [4.69, 9.17) is 9.47 Å². The van der Waals surface area contributed by atoms with E-state index in [1.54, 1.807) is 20.8 Å². The summed E-state index contributed by atoms with van der Waals surface area (Å²) in [5.41, 5.74) is -0.534. The summed E-state index contributed by atoms with van der Waals surface area (Å²) in [4.78, 5) is 22.2. The van der Waals surface area contributed by atoms with Gasteiger partial charge in [-0.3, -0.25) is 4.79 Å². The van der Waals surface area contributed by atoms with Crippen molar-refractivity contribution in [3.63, 3.8) is 0 Å². The lowest BCUT2D eigenvalue weighted by Gasteiger charge is -2.19. The van der Waals surface area contributed by atoms with Crippen LogP contribution < -0.4 is 5.32 Å². The van der Waals surface area contributed by atoms with Crippen molar-refractivity contribution in [2.75, 3.05) is 13.2 Å². The number of rotatable bonds is 5. The average molecular weight is 229 g/mol. The van der Waals surface area contributed by atoms with E-state index in [9.17, 15) is 9.59 Å². The summed E-state index contributed by atoms with van der Waals surface area (Å²) in [6.07, 6.45) is 1.07. The molecule has 0 radical (unpaired) electrons. The number of ether oxygens (including phenoxy) is 2. The molecular weight excluding hydrogens is 210 g/mol. The molecule has 1 N–H and O–H groups in total. The van der Waals surface area contributed by atoms with Gasteiger partial charge >= 0.3 is 12.1 Å². The molecule has 5 heteroatoms. The van der Waals surface area contributed by atoms with E-state index < -0.39 is 11.7 Å². The van der Waals surface area contributed by atoms with Crippen LogP contribution >= 0.6 is 0 Å². The van der Waals surface area contributed by atoms with Crippen molar-refractivity contribution in [3.05, 3.63) is 12.7 Å². The highest BCUT2D eigenvalue weighted by atomic mass is 16.6. The summed E-state index contributed by atoms with van der Waals surface area (Å²) in [7, 11) is 0. The van der Waals surface area contributed by atoms with Gasteiger partial charge in [0.1, 0.15) is 12.2 Å². The largest absolute Gasteiger partial charge is 0.461 e. The molecule has 0 atom stereocenters. The van der Waals surface area contributed by atoms with Crippen LogP contribution in [-0.2, 0) is 14.3 Å². The molecule has 0 aromatic carbocycles. The Kier molecular flexibility index (Phi) is 6.22. The predicted octanol–water partition coefficient (Wildman–Crippen LogP) is 1.63. The summed E-state index contributed by atoms with van der Waals surface area (Å²) in [6.45, 7) is 9.11. The Morgan fingerprint density at radius 1 is 1.38 bits per heavy atom. The zero-order valence-electron chi connectivity index (χ0n) is 10.0. The Morgan fingerprint density at radius 3 is 2.50 bits per heavy atom. The van der Waals surface area contributed by atoms with Gasteiger partial charge in [-0.1, -0.05) is 12.7 Å². The molecule has 0 rings (SSSR count). The monoisotopic (exact) mass is 229 g/mol. The van der Waals surface area contributed by atoms with Crippen molar-refractivity contribution in [1.82, 2.24) is 5.32 Å². The maximum Gasteiger partial charge on any atom is 0.407 e. The van der Waals surface area contributed by atoms with Gasteiger partial charge in [0.05, 0.1) is 6.42 Å². The van der Waals surface area contributed by atoms with E-state index in [1.165, 1.54) is 6.08 Å². The van der Waals surface area contributed by atoms with Gasteiger partial charge in [0.25, 0.3) is 0 Å². The zero-order valence-corrected chi connectivity index (χ0v) is 10.0. The molecule has 5 nitrogen and oxygen atoms in total. The predicted molar refractivity (Wildman–Crippen MR) is 60.0 cm³/mol. The fraction of sp³-hybridized carbons (Fsp3) is 0.636. The molecule has 92 valence electrons. The highest BCUT2D eigenvalue weighted by molar-refractivity contribution is 5.72. The third-order valence-corrected chi connectivity index (χ3v) is 1.36. The van der Waals surface area contributed by atoms with Crippen molar-refractivity contribution in [1.29, 1.82) is 0 Å². The van der Waals surface area contributed by atoms with Crippen LogP contribution in [0.5, 0.6) is 0 Å². The van der Waals surface area contributed by atoms with Crippen molar-refractivity contribution in [3.8, 4) is 0 Å². The highest BCUT2D eigenvalue weighted by Gasteiger charge is 2.15. The number of hydrogen-bond donors (Lipinski definition) is 1. The van der Waals surface area contributed by atoms with E-state index in [-0.39, 0.29) is 25.5 Å². The zero-order chi connectivity index (χ0) is 12.6. The van der Waals surface area contributed by atoms with Crippen molar-refractivity contribution in [2.45, 2.75) is 32.8 Å². The van der Waals surface area contributed by atoms with E-state index in [0.717, 1.165) is 0 Å². The summed E-state index contributed by atoms with van der Waals surface area (Å²) < 4.78 is 9.71. The summed E-state index contributed by atoms with van der Waals surface area (Å²) in [6, 6.07) is 0. The number of nitrogens with one attached hydrogen (secondary N) is 1. The second-order valence-electron chi connectivity index (χ2n) is 4.15. The maximum atomic E-state index is 11.2. The minimum absolute atomic E-state index is 0.118. The van der Waals surface area contributed by atoms with Crippen LogP contribution in [0.3, 0.4) is 0 Å². The molecule has 0 saturated carbocycles. The Morgan fingerprint density at radius 2 is 2.00 bits per heavy atom. The first-order valence-corrected chi connectivity index (χ1v) is 5.08.